The van der Waals surface area contributed by atoms with Gasteiger partial charge in [-0.25, -0.2) is 0 Å². The van der Waals surface area contributed by atoms with Gasteiger partial charge in [0.1, 0.15) is 0 Å². The first-order valence-electron chi connectivity index (χ1n) is 11.9. The van der Waals surface area contributed by atoms with Crippen LogP contribution in [0.3, 0.4) is 0 Å². The molecular weight excluding hydrogens is 363 g/mol. The van der Waals surface area contributed by atoms with Crippen LogP contribution >= 0.6 is 12.1 Å². The zero-order chi connectivity index (χ0) is 21.3. The van der Waals surface area contributed by atoms with E-state index in [0.717, 1.165) is 25.7 Å². The maximum absolute atomic E-state index is 13.3. The van der Waals surface area contributed by atoms with Crippen molar-refractivity contribution in [3.63, 3.8) is 0 Å². The van der Waals surface area contributed by atoms with Gasteiger partial charge in [0.15, 0.2) is 0 Å². The highest BCUT2D eigenvalue weighted by Gasteiger charge is 2.34. The molecule has 28 heavy (non-hydrogen) atoms. The topological polar surface area (TPSA) is 0 Å². The lowest BCUT2D eigenvalue weighted by molar-refractivity contribution is 0.291. The number of rotatable bonds is 20. The van der Waals surface area contributed by atoms with Gasteiger partial charge in [-0.2, -0.15) is 3.89 Å². The lowest BCUT2D eigenvalue weighted by Crippen LogP contribution is -2.29. The summed E-state index contributed by atoms with van der Waals surface area (Å²) in [6.45, 7) is 16.8. The molecule has 0 saturated heterocycles. The fourth-order valence-corrected chi connectivity index (χ4v) is 4.80. The van der Waals surface area contributed by atoms with Crippen molar-refractivity contribution in [2.45, 2.75) is 135 Å². The van der Waals surface area contributed by atoms with E-state index in [0.29, 0.717) is 12.1 Å². The molecule has 0 saturated carbocycles. The molecular formula is C26H49FS. The molecule has 0 aromatic rings. The van der Waals surface area contributed by atoms with Crippen molar-refractivity contribution in [3.05, 3.63) is 24.8 Å². The monoisotopic (exact) mass is 412 g/mol. The Hall–Kier alpha value is -0.240. The van der Waals surface area contributed by atoms with Gasteiger partial charge < -0.3 is 0 Å². The standard InChI is InChI=1S/C26H49FS/c1-7-9-10-11-12-13-14-15-16-17-18-19-20-21-24(3)26(6,22-8-2)23-25(4,5)28-27/h7H,1,3,8-23H2,2,4-6H3. The Morgan fingerprint density at radius 3 is 1.75 bits per heavy atom. The number of halogens is 1. The zero-order valence-corrected chi connectivity index (χ0v) is 20.4. The summed E-state index contributed by atoms with van der Waals surface area (Å²) in [7, 11) is 0. The van der Waals surface area contributed by atoms with E-state index in [1.165, 1.54) is 82.6 Å². The molecule has 0 aliphatic rings. The summed E-state index contributed by atoms with van der Waals surface area (Å²) in [5.74, 6) is 0. The normalized spacial score (nSPS) is 14.0. The lowest BCUT2D eigenvalue weighted by Gasteiger charge is -2.37. The summed E-state index contributed by atoms with van der Waals surface area (Å²) < 4.78 is 12.9. The lowest BCUT2D eigenvalue weighted by atomic mass is 9.71. The van der Waals surface area contributed by atoms with E-state index < -0.39 is 0 Å². The van der Waals surface area contributed by atoms with E-state index in [4.69, 9.17) is 0 Å². The van der Waals surface area contributed by atoms with Gasteiger partial charge in [0.25, 0.3) is 0 Å². The first-order valence-corrected chi connectivity index (χ1v) is 12.6. The Morgan fingerprint density at radius 2 is 1.32 bits per heavy atom. The molecule has 0 nitrogen and oxygen atoms in total. The number of hydrogen-bond donors (Lipinski definition) is 0. The largest absolute Gasteiger partial charge is 0.165 e. The van der Waals surface area contributed by atoms with Gasteiger partial charge in [-0.15, -0.1) is 6.58 Å². The maximum Gasteiger partial charge on any atom is 0.0505 e. The summed E-state index contributed by atoms with van der Waals surface area (Å²) in [6, 6.07) is 0. The van der Waals surface area contributed by atoms with Crippen molar-refractivity contribution in [1.82, 2.24) is 0 Å². The van der Waals surface area contributed by atoms with E-state index in [1.807, 2.05) is 19.9 Å². The fourth-order valence-electron chi connectivity index (χ4n) is 4.43. The van der Waals surface area contributed by atoms with Crippen LogP contribution < -0.4 is 0 Å². The van der Waals surface area contributed by atoms with Crippen molar-refractivity contribution in [2.24, 2.45) is 5.41 Å². The van der Waals surface area contributed by atoms with Crippen LogP contribution in [0.5, 0.6) is 0 Å². The molecule has 0 fully saturated rings. The first kappa shape index (κ1) is 27.8. The Labute approximate surface area is 181 Å². The van der Waals surface area contributed by atoms with Crippen LogP contribution in [0.25, 0.3) is 0 Å². The molecule has 0 aliphatic carbocycles. The van der Waals surface area contributed by atoms with E-state index >= 15 is 0 Å². The van der Waals surface area contributed by atoms with Crippen molar-refractivity contribution >= 4 is 12.1 Å². The van der Waals surface area contributed by atoms with Gasteiger partial charge in [0.05, 0.1) is 12.1 Å². The Balaban J connectivity index is 3.82. The molecule has 0 N–H and O–H groups in total. The van der Waals surface area contributed by atoms with Crippen LogP contribution in [0.1, 0.15) is 130 Å². The highest BCUT2D eigenvalue weighted by Crippen LogP contribution is 2.45. The first-order chi connectivity index (χ1) is 13.3. The Morgan fingerprint density at radius 1 is 0.857 bits per heavy atom. The molecule has 1 atom stereocenters. The summed E-state index contributed by atoms with van der Waals surface area (Å²) in [4.78, 5) is 0. The molecule has 1 unspecified atom stereocenters. The van der Waals surface area contributed by atoms with Gasteiger partial charge in [-0.3, -0.25) is 0 Å². The summed E-state index contributed by atoms with van der Waals surface area (Å²) in [5, 5.41) is 0. The highest BCUT2D eigenvalue weighted by molar-refractivity contribution is 7.95. The Kier molecular flexibility index (Phi) is 16.4. The molecule has 0 heterocycles. The van der Waals surface area contributed by atoms with Crippen LogP contribution in [0.2, 0.25) is 0 Å². The minimum Gasteiger partial charge on any atom is -0.165 e. The Bertz CT molecular complexity index is 401. The van der Waals surface area contributed by atoms with Crippen LogP contribution in [-0.2, 0) is 0 Å². The summed E-state index contributed by atoms with van der Waals surface area (Å²) in [6.07, 6.45) is 22.4. The van der Waals surface area contributed by atoms with E-state index in [1.54, 1.807) is 0 Å². The van der Waals surface area contributed by atoms with Crippen LogP contribution in [0, 0.1) is 5.41 Å². The van der Waals surface area contributed by atoms with E-state index in [2.05, 4.69) is 27.0 Å². The molecule has 2 heteroatoms. The summed E-state index contributed by atoms with van der Waals surface area (Å²) in [5.41, 5.74) is 1.41. The minimum atomic E-state index is -0.321. The van der Waals surface area contributed by atoms with Crippen molar-refractivity contribution in [2.75, 3.05) is 0 Å². The fraction of sp³-hybridized carbons (Fsp3) is 0.846. The molecule has 0 aromatic carbocycles. The second kappa shape index (κ2) is 16.5. The molecule has 166 valence electrons. The molecule has 0 rings (SSSR count). The third kappa shape index (κ3) is 13.9. The number of hydrogen-bond acceptors (Lipinski definition) is 1. The van der Waals surface area contributed by atoms with Crippen molar-refractivity contribution in [1.29, 1.82) is 0 Å². The molecule has 0 amide bonds. The SMILES string of the molecule is C=CCCCCCCCCCCCCCC(=C)C(C)(CCC)CC(C)(C)SF. The van der Waals surface area contributed by atoms with Gasteiger partial charge in [0, 0.05) is 4.75 Å². The van der Waals surface area contributed by atoms with Gasteiger partial charge >= 0.3 is 0 Å². The summed E-state index contributed by atoms with van der Waals surface area (Å²) >= 11 is 0.500. The predicted octanol–water partition coefficient (Wildman–Crippen LogP) is 10.4. The van der Waals surface area contributed by atoms with Crippen molar-refractivity contribution in [3.8, 4) is 0 Å². The third-order valence-corrected chi connectivity index (χ3v) is 6.63. The van der Waals surface area contributed by atoms with Gasteiger partial charge in [-0.1, -0.05) is 96.3 Å². The maximum atomic E-state index is 13.3. The zero-order valence-electron chi connectivity index (χ0n) is 19.6. The molecule has 0 aliphatic heterocycles. The quantitative estimate of drug-likeness (QED) is 0.141. The van der Waals surface area contributed by atoms with Crippen LogP contribution in [-0.4, -0.2) is 4.75 Å². The van der Waals surface area contributed by atoms with Crippen LogP contribution in [0.15, 0.2) is 24.8 Å². The van der Waals surface area contributed by atoms with Crippen molar-refractivity contribution < 1.29 is 3.89 Å². The second-order valence-electron chi connectivity index (χ2n) is 9.64. The van der Waals surface area contributed by atoms with Crippen LogP contribution in [0.4, 0.5) is 3.89 Å². The molecule has 0 radical (unpaired) electrons. The average Bonchev–Trinajstić information content (AvgIpc) is 2.65. The smallest absolute Gasteiger partial charge is 0.0505 e. The highest BCUT2D eigenvalue weighted by atomic mass is 32.2. The third-order valence-electron chi connectivity index (χ3n) is 6.07. The minimum absolute atomic E-state index is 0.0724. The van der Waals surface area contributed by atoms with Gasteiger partial charge in [-0.05, 0) is 57.8 Å². The van der Waals surface area contributed by atoms with Gasteiger partial charge in [0.2, 0.25) is 0 Å². The number of unbranched alkanes of at least 4 members (excludes halogenated alkanes) is 11. The van der Waals surface area contributed by atoms with E-state index in [-0.39, 0.29) is 10.2 Å². The molecule has 0 aromatic heterocycles. The number of allylic oxidation sites excluding steroid dienone is 2. The predicted molar refractivity (Wildman–Crippen MR) is 130 cm³/mol. The average molecular weight is 413 g/mol. The van der Waals surface area contributed by atoms with E-state index in [9.17, 15) is 3.89 Å². The molecule has 0 spiro atoms. The molecule has 0 bridgehead atoms. The second-order valence-corrected chi connectivity index (χ2v) is 10.9.